The van der Waals surface area contributed by atoms with E-state index in [0.717, 1.165) is 11.4 Å². The van der Waals surface area contributed by atoms with Crippen molar-refractivity contribution in [2.45, 2.75) is 12.0 Å². The molecule has 1 unspecified atom stereocenters. The third-order valence-electron chi connectivity index (χ3n) is 4.47. The number of ketones is 1. The number of carbonyl (C=O) groups is 1. The molecule has 4 rings (SSSR count). The lowest BCUT2D eigenvalue weighted by molar-refractivity contribution is 0.0603. The number of hydrogen-bond donors (Lipinski definition) is 1. The second kappa shape index (κ2) is 4.91. The van der Waals surface area contributed by atoms with Crippen LogP contribution in [0.5, 0.6) is 0 Å². The van der Waals surface area contributed by atoms with Gasteiger partial charge in [0, 0.05) is 38.4 Å². The molecule has 0 amide bonds. The molecule has 6 heteroatoms. The van der Waals surface area contributed by atoms with Gasteiger partial charge >= 0.3 is 0 Å². The summed E-state index contributed by atoms with van der Waals surface area (Å²) < 4.78 is 0. The monoisotopic (exact) mass is 327 g/mol. The molecule has 1 aromatic heterocycles. The first kappa shape index (κ1) is 14.4. The second-order valence-corrected chi connectivity index (χ2v) is 6.97. The van der Waals surface area contributed by atoms with E-state index in [9.17, 15) is 9.90 Å². The Morgan fingerprint density at radius 2 is 2.00 bits per heavy atom. The number of nitrogens with zero attached hydrogens (tertiary/aromatic N) is 3. The van der Waals surface area contributed by atoms with Gasteiger partial charge in [0.2, 0.25) is 5.78 Å². The number of aliphatic imine (C=N–C) groups is 1. The molecule has 118 valence electrons. The fraction of sp³-hybridized carbons (Fsp3) is 0.294. The maximum atomic E-state index is 12.6. The molecule has 23 heavy (non-hydrogen) atoms. The smallest absolute Gasteiger partial charge is 0.205 e. The molecule has 3 heterocycles. The van der Waals surface area contributed by atoms with Crippen molar-refractivity contribution in [3.8, 4) is 0 Å². The van der Waals surface area contributed by atoms with E-state index in [1.165, 1.54) is 11.3 Å². The number of fused-ring (bicyclic) bond motifs is 2. The van der Waals surface area contributed by atoms with Gasteiger partial charge in [0.1, 0.15) is 5.00 Å². The van der Waals surface area contributed by atoms with E-state index >= 15 is 0 Å². The van der Waals surface area contributed by atoms with E-state index in [2.05, 4.69) is 4.99 Å². The van der Waals surface area contributed by atoms with Gasteiger partial charge in [0.15, 0.2) is 11.4 Å². The highest BCUT2D eigenvalue weighted by Gasteiger charge is 2.52. The van der Waals surface area contributed by atoms with Crippen LogP contribution in [-0.2, 0) is 0 Å². The van der Waals surface area contributed by atoms with E-state index in [-0.39, 0.29) is 5.78 Å². The Hall–Kier alpha value is -2.18. The minimum Gasteiger partial charge on any atom is -0.378 e. The fourth-order valence-corrected chi connectivity index (χ4v) is 3.90. The third-order valence-corrected chi connectivity index (χ3v) is 5.28. The van der Waals surface area contributed by atoms with E-state index in [4.69, 9.17) is 0 Å². The first-order valence-corrected chi connectivity index (χ1v) is 8.37. The lowest BCUT2D eigenvalue weighted by Gasteiger charge is -2.28. The highest BCUT2D eigenvalue weighted by molar-refractivity contribution is 7.14. The van der Waals surface area contributed by atoms with Crippen LogP contribution >= 0.6 is 11.3 Å². The number of anilines is 2. The van der Waals surface area contributed by atoms with E-state index in [1.54, 1.807) is 6.07 Å². The summed E-state index contributed by atoms with van der Waals surface area (Å²) in [6.45, 7) is 0.581. The van der Waals surface area contributed by atoms with Gasteiger partial charge in [-0.15, -0.1) is 11.3 Å². The normalized spacial score (nSPS) is 22.7. The van der Waals surface area contributed by atoms with Gasteiger partial charge in [0.25, 0.3) is 0 Å². The number of rotatable bonds is 2. The van der Waals surface area contributed by atoms with E-state index in [1.807, 2.05) is 53.5 Å². The second-order valence-electron chi connectivity index (χ2n) is 6.08. The quantitative estimate of drug-likeness (QED) is 0.921. The number of aliphatic hydroxyl groups is 1. The third kappa shape index (κ3) is 2.02. The molecule has 1 atom stereocenters. The van der Waals surface area contributed by atoms with Crippen LogP contribution in [0.15, 0.2) is 40.7 Å². The topological polar surface area (TPSA) is 56.1 Å². The Kier molecular flexibility index (Phi) is 3.08. The van der Waals surface area contributed by atoms with Crippen LogP contribution < -0.4 is 9.80 Å². The summed E-state index contributed by atoms with van der Waals surface area (Å²) in [5.74, 6) is 0.223. The Morgan fingerprint density at radius 1 is 1.26 bits per heavy atom. The first-order chi connectivity index (χ1) is 11.0. The van der Waals surface area contributed by atoms with Gasteiger partial charge in [-0.05, 0) is 35.7 Å². The van der Waals surface area contributed by atoms with Crippen LogP contribution in [0.1, 0.15) is 16.8 Å². The molecular weight excluding hydrogens is 310 g/mol. The van der Waals surface area contributed by atoms with Gasteiger partial charge in [-0.25, -0.2) is 4.99 Å². The molecule has 1 aromatic carbocycles. The summed E-state index contributed by atoms with van der Waals surface area (Å²) in [5, 5.41) is 13.4. The average molecular weight is 327 g/mol. The molecule has 2 aliphatic heterocycles. The number of carbonyl (C=O) groups excluding carboxylic acids is 1. The van der Waals surface area contributed by atoms with Crippen LogP contribution in [0.3, 0.4) is 0 Å². The molecule has 1 fully saturated rings. The zero-order valence-electron chi connectivity index (χ0n) is 13.0. The number of amidine groups is 1. The van der Waals surface area contributed by atoms with Crippen molar-refractivity contribution in [2.75, 3.05) is 30.4 Å². The highest BCUT2D eigenvalue weighted by atomic mass is 32.1. The minimum absolute atomic E-state index is 0.230. The summed E-state index contributed by atoms with van der Waals surface area (Å²) in [6.07, 6.45) is 0.370. The predicted octanol–water partition coefficient (Wildman–Crippen LogP) is 2.68. The zero-order chi connectivity index (χ0) is 16.2. The molecule has 0 radical (unpaired) electrons. The molecule has 1 saturated heterocycles. The zero-order valence-corrected chi connectivity index (χ0v) is 13.8. The molecule has 0 spiro atoms. The fourth-order valence-electron chi connectivity index (χ4n) is 3.14. The maximum Gasteiger partial charge on any atom is 0.205 e. The first-order valence-electron chi connectivity index (χ1n) is 7.49. The molecule has 0 saturated carbocycles. The Bertz CT molecular complexity index is 810. The van der Waals surface area contributed by atoms with Gasteiger partial charge in [-0.1, -0.05) is 0 Å². The molecule has 1 N–H and O–H groups in total. The van der Waals surface area contributed by atoms with Crippen molar-refractivity contribution >= 4 is 39.3 Å². The largest absolute Gasteiger partial charge is 0.378 e. The lowest BCUT2D eigenvalue weighted by atomic mass is 9.90. The molecule has 5 nitrogen and oxygen atoms in total. The SMILES string of the molecule is CN(C)c1ccc(N2CCC3(O)C(=O)c4ccsc4N=C23)cc1. The predicted molar refractivity (Wildman–Crippen MR) is 93.4 cm³/mol. The van der Waals surface area contributed by atoms with Crippen LogP contribution in [0.4, 0.5) is 16.4 Å². The van der Waals surface area contributed by atoms with Crippen molar-refractivity contribution in [3.05, 3.63) is 41.3 Å². The summed E-state index contributed by atoms with van der Waals surface area (Å²) in [7, 11) is 3.98. The maximum absolute atomic E-state index is 12.6. The summed E-state index contributed by atoms with van der Waals surface area (Å²) >= 11 is 1.43. The number of Topliss-reactive ketones (excluding diaryl/α,β-unsaturated/α-hetero) is 1. The van der Waals surface area contributed by atoms with E-state index in [0.29, 0.717) is 29.4 Å². The average Bonchev–Trinajstić information content (AvgIpc) is 3.13. The van der Waals surface area contributed by atoms with Crippen molar-refractivity contribution in [1.82, 2.24) is 0 Å². The van der Waals surface area contributed by atoms with Crippen LogP contribution in [0.2, 0.25) is 0 Å². The van der Waals surface area contributed by atoms with Crippen LogP contribution in [0, 0.1) is 0 Å². The number of thiophene rings is 1. The van der Waals surface area contributed by atoms with Gasteiger partial charge in [-0.3, -0.25) is 4.79 Å². The molecule has 0 aliphatic carbocycles. The standard InChI is InChI=1S/C17H17N3O2S/c1-19(2)11-3-5-12(6-4-11)20-9-8-17(22)14(21)13-7-10-23-15(13)18-16(17)20/h3-7,10,22H,8-9H2,1-2H3. The number of hydrogen-bond acceptors (Lipinski definition) is 6. The van der Waals surface area contributed by atoms with Crippen molar-refractivity contribution < 1.29 is 9.90 Å². The van der Waals surface area contributed by atoms with Gasteiger partial charge in [0.05, 0.1) is 5.56 Å². The summed E-state index contributed by atoms with van der Waals surface area (Å²) in [4.78, 5) is 21.2. The van der Waals surface area contributed by atoms with Crippen molar-refractivity contribution in [3.63, 3.8) is 0 Å². The molecule has 2 aliphatic rings. The Balaban J connectivity index is 1.76. The van der Waals surface area contributed by atoms with Gasteiger partial charge in [-0.2, -0.15) is 0 Å². The Morgan fingerprint density at radius 3 is 2.70 bits per heavy atom. The summed E-state index contributed by atoms with van der Waals surface area (Å²) in [5.41, 5.74) is 1.09. The van der Waals surface area contributed by atoms with Crippen molar-refractivity contribution in [1.29, 1.82) is 0 Å². The number of benzene rings is 1. The van der Waals surface area contributed by atoms with Crippen LogP contribution in [-0.4, -0.2) is 43.0 Å². The van der Waals surface area contributed by atoms with E-state index < -0.39 is 5.60 Å². The Labute approximate surface area is 138 Å². The van der Waals surface area contributed by atoms with Gasteiger partial charge < -0.3 is 14.9 Å². The van der Waals surface area contributed by atoms with Crippen LogP contribution in [0.25, 0.3) is 0 Å². The highest BCUT2D eigenvalue weighted by Crippen LogP contribution is 2.41. The molecule has 0 bridgehead atoms. The lowest BCUT2D eigenvalue weighted by Crippen LogP contribution is -2.48. The minimum atomic E-state index is -1.49. The molecular formula is C17H17N3O2S. The van der Waals surface area contributed by atoms with Crippen molar-refractivity contribution in [2.24, 2.45) is 4.99 Å². The summed E-state index contributed by atoms with van der Waals surface area (Å²) in [6, 6.07) is 9.79. The molecule has 2 aromatic rings.